The molecule has 2 N–H and O–H groups in total. The summed E-state index contributed by atoms with van der Waals surface area (Å²) in [4.78, 5) is 24.6. The number of carbonyl (C=O) groups excluding carboxylic acids is 1. The SMILES string of the molecule is CCOc1ccccc1-c1ccc(C[C@H](NC(=O)OCC2c3ccccc3-c3ccccc32)C(=O)O)cc1. The van der Waals surface area contributed by atoms with E-state index in [0.29, 0.717) is 6.61 Å². The zero-order valence-corrected chi connectivity index (χ0v) is 21.1. The molecular weight excluding hydrogens is 478 g/mol. The predicted molar refractivity (Wildman–Crippen MR) is 146 cm³/mol. The minimum Gasteiger partial charge on any atom is -0.493 e. The third kappa shape index (κ3) is 5.25. The topological polar surface area (TPSA) is 84.9 Å². The molecule has 0 heterocycles. The van der Waals surface area contributed by atoms with Crippen molar-refractivity contribution in [1.82, 2.24) is 5.32 Å². The van der Waals surface area contributed by atoms with Crippen molar-refractivity contribution in [2.75, 3.05) is 13.2 Å². The number of carbonyl (C=O) groups is 2. The van der Waals surface area contributed by atoms with Crippen molar-refractivity contribution >= 4 is 12.1 Å². The number of hydrogen-bond donors (Lipinski definition) is 2. The van der Waals surface area contributed by atoms with Crippen LogP contribution in [0.1, 0.15) is 29.5 Å². The Kier molecular flexibility index (Phi) is 7.40. The smallest absolute Gasteiger partial charge is 0.407 e. The maximum Gasteiger partial charge on any atom is 0.407 e. The second-order valence-electron chi connectivity index (χ2n) is 9.19. The van der Waals surface area contributed by atoms with Gasteiger partial charge in [-0.25, -0.2) is 9.59 Å². The first-order valence-corrected chi connectivity index (χ1v) is 12.7. The summed E-state index contributed by atoms with van der Waals surface area (Å²) < 4.78 is 11.3. The molecule has 6 nitrogen and oxygen atoms in total. The maximum absolute atomic E-state index is 12.7. The number of fused-ring (bicyclic) bond motifs is 3. The van der Waals surface area contributed by atoms with Crippen LogP contribution in [0.5, 0.6) is 5.75 Å². The lowest BCUT2D eigenvalue weighted by Crippen LogP contribution is -2.42. The molecule has 1 amide bonds. The van der Waals surface area contributed by atoms with Gasteiger partial charge < -0.3 is 19.9 Å². The summed E-state index contributed by atoms with van der Waals surface area (Å²) in [5, 5.41) is 12.3. The normalized spacial score (nSPS) is 12.8. The van der Waals surface area contributed by atoms with Gasteiger partial charge in [0.25, 0.3) is 0 Å². The molecule has 192 valence electrons. The number of carboxylic acid groups (broad SMARTS) is 1. The second-order valence-corrected chi connectivity index (χ2v) is 9.19. The molecule has 0 bridgehead atoms. The molecule has 0 aromatic heterocycles. The number of hydrogen-bond acceptors (Lipinski definition) is 4. The van der Waals surface area contributed by atoms with Crippen LogP contribution in [0.15, 0.2) is 97.1 Å². The minimum absolute atomic E-state index is 0.0939. The average Bonchev–Trinajstić information content (AvgIpc) is 3.26. The molecule has 4 aromatic rings. The first-order valence-electron chi connectivity index (χ1n) is 12.7. The predicted octanol–water partition coefficient (Wildman–Crippen LogP) is 6.29. The van der Waals surface area contributed by atoms with Gasteiger partial charge in [-0.05, 0) is 46.4 Å². The zero-order valence-electron chi connectivity index (χ0n) is 21.1. The Morgan fingerprint density at radius 1 is 0.816 bits per heavy atom. The van der Waals surface area contributed by atoms with Crippen LogP contribution in [0, 0.1) is 0 Å². The van der Waals surface area contributed by atoms with Crippen LogP contribution in [-0.4, -0.2) is 36.4 Å². The largest absolute Gasteiger partial charge is 0.493 e. The molecule has 6 heteroatoms. The van der Waals surface area contributed by atoms with Gasteiger partial charge in [-0.3, -0.25) is 0 Å². The summed E-state index contributed by atoms with van der Waals surface area (Å²) in [6.45, 7) is 2.63. The average molecular weight is 508 g/mol. The van der Waals surface area contributed by atoms with Crippen LogP contribution >= 0.6 is 0 Å². The highest BCUT2D eigenvalue weighted by atomic mass is 16.5. The molecule has 0 fully saturated rings. The fourth-order valence-corrected chi connectivity index (χ4v) is 5.02. The molecule has 0 unspecified atom stereocenters. The van der Waals surface area contributed by atoms with Gasteiger partial charge in [0.2, 0.25) is 0 Å². The van der Waals surface area contributed by atoms with E-state index in [-0.39, 0.29) is 18.9 Å². The van der Waals surface area contributed by atoms with Gasteiger partial charge in [0.15, 0.2) is 0 Å². The van der Waals surface area contributed by atoms with Crippen LogP contribution in [0.25, 0.3) is 22.3 Å². The summed E-state index contributed by atoms with van der Waals surface area (Å²) >= 11 is 0. The summed E-state index contributed by atoms with van der Waals surface area (Å²) in [7, 11) is 0. The number of rotatable bonds is 9. The van der Waals surface area contributed by atoms with Crippen LogP contribution in [0.3, 0.4) is 0 Å². The third-order valence-corrected chi connectivity index (χ3v) is 6.83. The Balaban J connectivity index is 1.23. The number of aliphatic carboxylic acids is 1. The Bertz CT molecular complexity index is 1400. The Morgan fingerprint density at radius 2 is 1.39 bits per heavy atom. The van der Waals surface area contributed by atoms with Crippen molar-refractivity contribution in [2.45, 2.75) is 25.3 Å². The Hall–Kier alpha value is -4.58. The zero-order chi connectivity index (χ0) is 26.5. The number of alkyl carbamates (subject to hydrolysis) is 1. The Morgan fingerprint density at radius 3 is 2.00 bits per heavy atom. The quantitative estimate of drug-likeness (QED) is 0.278. The van der Waals surface area contributed by atoms with Gasteiger partial charge >= 0.3 is 12.1 Å². The molecular formula is C32H29NO5. The third-order valence-electron chi connectivity index (χ3n) is 6.83. The molecule has 0 spiro atoms. The standard InChI is InChI=1S/C32H29NO5/c1-2-37-30-14-8-7-9-23(30)22-17-15-21(16-18-22)19-29(31(34)35)33-32(36)38-20-28-26-12-5-3-10-24(26)25-11-4-6-13-27(25)28/h3-18,28-29H,2,19-20H2,1H3,(H,33,36)(H,34,35)/t29-/m0/s1. The first kappa shape index (κ1) is 25.1. The molecule has 1 atom stereocenters. The molecule has 0 aliphatic heterocycles. The number of amides is 1. The van der Waals surface area contributed by atoms with Crippen molar-refractivity contribution < 1.29 is 24.2 Å². The second kappa shape index (κ2) is 11.2. The molecule has 4 aromatic carbocycles. The van der Waals surface area contributed by atoms with Crippen LogP contribution in [-0.2, 0) is 16.0 Å². The van der Waals surface area contributed by atoms with Crippen LogP contribution in [0.4, 0.5) is 4.79 Å². The first-order chi connectivity index (χ1) is 18.5. The van der Waals surface area contributed by atoms with Crippen molar-refractivity contribution in [1.29, 1.82) is 0 Å². The van der Waals surface area contributed by atoms with Crippen LogP contribution in [0.2, 0.25) is 0 Å². The lowest BCUT2D eigenvalue weighted by atomic mass is 9.98. The monoisotopic (exact) mass is 507 g/mol. The lowest BCUT2D eigenvalue weighted by Gasteiger charge is -2.18. The van der Waals surface area contributed by atoms with E-state index in [4.69, 9.17) is 9.47 Å². The van der Waals surface area contributed by atoms with E-state index < -0.39 is 18.1 Å². The summed E-state index contributed by atoms with van der Waals surface area (Å²) in [6.07, 6.45) is -0.617. The fraction of sp³-hybridized carbons (Fsp3) is 0.188. The molecule has 38 heavy (non-hydrogen) atoms. The van der Waals surface area contributed by atoms with E-state index in [9.17, 15) is 14.7 Å². The number of ether oxygens (including phenoxy) is 2. The number of carboxylic acids is 1. The van der Waals surface area contributed by atoms with Crippen LogP contribution < -0.4 is 10.1 Å². The van der Waals surface area contributed by atoms with Gasteiger partial charge in [-0.1, -0.05) is 91.0 Å². The number of nitrogens with one attached hydrogen (secondary N) is 1. The summed E-state index contributed by atoms with van der Waals surface area (Å²) in [5.41, 5.74) is 7.18. The maximum atomic E-state index is 12.7. The van der Waals surface area contributed by atoms with E-state index >= 15 is 0 Å². The van der Waals surface area contributed by atoms with Gasteiger partial charge in [0, 0.05) is 17.9 Å². The molecule has 1 aliphatic rings. The number of para-hydroxylation sites is 1. The van der Waals surface area contributed by atoms with Gasteiger partial charge in [-0.15, -0.1) is 0 Å². The lowest BCUT2D eigenvalue weighted by molar-refractivity contribution is -0.139. The number of benzene rings is 4. The van der Waals surface area contributed by atoms with Crippen molar-refractivity contribution in [3.8, 4) is 28.0 Å². The van der Waals surface area contributed by atoms with Crippen molar-refractivity contribution in [3.63, 3.8) is 0 Å². The van der Waals surface area contributed by atoms with Crippen molar-refractivity contribution in [2.24, 2.45) is 0 Å². The molecule has 0 saturated carbocycles. The van der Waals surface area contributed by atoms with Gasteiger partial charge in [-0.2, -0.15) is 0 Å². The van der Waals surface area contributed by atoms with Gasteiger partial charge in [0.1, 0.15) is 18.4 Å². The molecule has 1 aliphatic carbocycles. The van der Waals surface area contributed by atoms with E-state index in [1.54, 1.807) is 0 Å². The molecule has 0 radical (unpaired) electrons. The highest BCUT2D eigenvalue weighted by molar-refractivity contribution is 5.81. The fourth-order valence-electron chi connectivity index (χ4n) is 5.02. The highest BCUT2D eigenvalue weighted by Gasteiger charge is 2.29. The van der Waals surface area contributed by atoms with E-state index in [1.807, 2.05) is 91.9 Å². The van der Waals surface area contributed by atoms with E-state index in [0.717, 1.165) is 44.7 Å². The van der Waals surface area contributed by atoms with E-state index in [1.165, 1.54) is 0 Å². The van der Waals surface area contributed by atoms with Crippen molar-refractivity contribution in [3.05, 3.63) is 114 Å². The van der Waals surface area contributed by atoms with E-state index in [2.05, 4.69) is 17.4 Å². The summed E-state index contributed by atoms with van der Waals surface area (Å²) in [6, 6.07) is 30.4. The van der Waals surface area contributed by atoms with Gasteiger partial charge in [0.05, 0.1) is 6.61 Å². The minimum atomic E-state index is -1.12. The highest BCUT2D eigenvalue weighted by Crippen LogP contribution is 2.44. The molecule has 5 rings (SSSR count). The Labute approximate surface area is 221 Å². The molecule has 0 saturated heterocycles. The summed E-state index contributed by atoms with van der Waals surface area (Å²) in [5.74, 6) is -0.420.